The summed E-state index contributed by atoms with van der Waals surface area (Å²) in [6, 6.07) is 15.0. The van der Waals surface area contributed by atoms with Gasteiger partial charge in [0.2, 0.25) is 5.91 Å². The predicted molar refractivity (Wildman–Crippen MR) is 88.5 cm³/mol. The van der Waals surface area contributed by atoms with Crippen LogP contribution < -0.4 is 16.0 Å². The molecule has 23 heavy (non-hydrogen) atoms. The Labute approximate surface area is 133 Å². The van der Waals surface area contributed by atoms with Gasteiger partial charge in [0.15, 0.2) is 5.78 Å². The summed E-state index contributed by atoms with van der Waals surface area (Å²) in [5.74, 6) is -0.535. The first kappa shape index (κ1) is 16.2. The Kier molecular flexibility index (Phi) is 5.46. The van der Waals surface area contributed by atoms with Crippen LogP contribution in [0.4, 0.5) is 16.2 Å². The van der Waals surface area contributed by atoms with Crippen LogP contribution in [0.1, 0.15) is 17.3 Å². The zero-order valence-corrected chi connectivity index (χ0v) is 12.6. The molecule has 0 atom stereocenters. The summed E-state index contributed by atoms with van der Waals surface area (Å²) >= 11 is 0. The van der Waals surface area contributed by atoms with Gasteiger partial charge in [-0.05, 0) is 31.2 Å². The maximum absolute atomic E-state index is 11.7. The van der Waals surface area contributed by atoms with Crippen molar-refractivity contribution in [2.45, 2.75) is 6.92 Å². The lowest BCUT2D eigenvalue weighted by Crippen LogP contribution is -2.37. The fraction of sp³-hybridized carbons (Fsp3) is 0.118. The van der Waals surface area contributed by atoms with Gasteiger partial charge in [0.25, 0.3) is 0 Å². The fourth-order valence-electron chi connectivity index (χ4n) is 1.89. The van der Waals surface area contributed by atoms with E-state index in [4.69, 9.17) is 0 Å². The third-order valence-electron chi connectivity index (χ3n) is 3.01. The standard InChI is InChI=1S/C17H17N3O3/c1-12(21)13-6-5-9-15(10-13)18-11-16(22)20-17(23)19-14-7-3-2-4-8-14/h2-10,18H,11H2,1H3,(H2,19,20,22,23). The zero-order chi connectivity index (χ0) is 16.7. The van der Waals surface area contributed by atoms with Crippen LogP contribution in [0.2, 0.25) is 0 Å². The van der Waals surface area contributed by atoms with Crippen molar-refractivity contribution in [2.75, 3.05) is 17.2 Å². The fourth-order valence-corrected chi connectivity index (χ4v) is 1.89. The lowest BCUT2D eigenvalue weighted by atomic mass is 10.1. The van der Waals surface area contributed by atoms with E-state index >= 15 is 0 Å². The highest BCUT2D eigenvalue weighted by Gasteiger charge is 2.08. The average molecular weight is 311 g/mol. The third-order valence-corrected chi connectivity index (χ3v) is 3.01. The van der Waals surface area contributed by atoms with Crippen LogP contribution in [0.25, 0.3) is 0 Å². The summed E-state index contributed by atoms with van der Waals surface area (Å²) in [6.07, 6.45) is 0. The maximum Gasteiger partial charge on any atom is 0.325 e. The van der Waals surface area contributed by atoms with Crippen LogP contribution in [0.15, 0.2) is 54.6 Å². The number of Topliss-reactive ketones (excluding diaryl/α,β-unsaturated/α-hetero) is 1. The van der Waals surface area contributed by atoms with E-state index in [2.05, 4.69) is 16.0 Å². The quantitative estimate of drug-likeness (QED) is 0.741. The summed E-state index contributed by atoms with van der Waals surface area (Å²) in [4.78, 5) is 34.7. The lowest BCUT2D eigenvalue weighted by Gasteiger charge is -2.09. The molecular weight excluding hydrogens is 294 g/mol. The number of carbonyl (C=O) groups is 3. The molecule has 3 N–H and O–H groups in total. The van der Waals surface area contributed by atoms with E-state index in [9.17, 15) is 14.4 Å². The molecule has 2 aromatic rings. The molecule has 0 saturated heterocycles. The van der Waals surface area contributed by atoms with E-state index in [0.717, 1.165) is 0 Å². The molecule has 0 bridgehead atoms. The van der Waals surface area contributed by atoms with Gasteiger partial charge in [0.05, 0.1) is 6.54 Å². The molecule has 0 aliphatic rings. The van der Waals surface area contributed by atoms with Crippen LogP contribution in [-0.2, 0) is 4.79 Å². The number of rotatable bonds is 5. The number of ketones is 1. The third kappa shape index (κ3) is 5.28. The Bertz CT molecular complexity index is 714. The molecule has 0 saturated carbocycles. The number of anilines is 2. The molecule has 118 valence electrons. The van der Waals surface area contributed by atoms with E-state index in [1.165, 1.54) is 6.92 Å². The molecule has 6 heteroatoms. The van der Waals surface area contributed by atoms with Gasteiger partial charge in [-0.15, -0.1) is 0 Å². The van der Waals surface area contributed by atoms with Gasteiger partial charge >= 0.3 is 6.03 Å². The molecule has 0 aliphatic heterocycles. The number of amides is 3. The second-order valence-electron chi connectivity index (χ2n) is 4.86. The molecule has 0 aliphatic carbocycles. The SMILES string of the molecule is CC(=O)c1cccc(NCC(=O)NC(=O)Nc2ccccc2)c1. The van der Waals surface area contributed by atoms with Crippen molar-refractivity contribution >= 4 is 29.1 Å². The maximum atomic E-state index is 11.7. The highest BCUT2D eigenvalue weighted by Crippen LogP contribution is 2.10. The summed E-state index contributed by atoms with van der Waals surface area (Å²) < 4.78 is 0. The molecule has 0 spiro atoms. The number of nitrogens with one attached hydrogen (secondary N) is 3. The number of hydrogen-bond donors (Lipinski definition) is 3. The molecule has 0 aromatic heterocycles. The highest BCUT2D eigenvalue weighted by molar-refractivity contribution is 6.02. The van der Waals surface area contributed by atoms with Crippen LogP contribution in [0.5, 0.6) is 0 Å². The molecular formula is C17H17N3O3. The van der Waals surface area contributed by atoms with Crippen LogP contribution in [0, 0.1) is 0 Å². The van der Waals surface area contributed by atoms with Crippen molar-refractivity contribution in [3.63, 3.8) is 0 Å². The number of imide groups is 1. The Morgan fingerprint density at radius 1 is 0.913 bits per heavy atom. The van der Waals surface area contributed by atoms with Crippen molar-refractivity contribution in [2.24, 2.45) is 0 Å². The first-order chi connectivity index (χ1) is 11.0. The van der Waals surface area contributed by atoms with Gasteiger partial charge < -0.3 is 10.6 Å². The molecule has 3 amide bonds. The van der Waals surface area contributed by atoms with Crippen molar-refractivity contribution in [1.29, 1.82) is 0 Å². The lowest BCUT2D eigenvalue weighted by molar-refractivity contribution is -0.118. The number of urea groups is 1. The van der Waals surface area contributed by atoms with Gasteiger partial charge in [0.1, 0.15) is 0 Å². The van der Waals surface area contributed by atoms with E-state index in [0.29, 0.717) is 16.9 Å². The van der Waals surface area contributed by atoms with E-state index in [1.54, 1.807) is 48.5 Å². The van der Waals surface area contributed by atoms with Crippen LogP contribution in [-0.4, -0.2) is 24.3 Å². The summed E-state index contributed by atoms with van der Waals surface area (Å²) in [7, 11) is 0. The number of hydrogen-bond acceptors (Lipinski definition) is 4. The van der Waals surface area contributed by atoms with Crippen molar-refractivity contribution in [3.05, 3.63) is 60.2 Å². The Morgan fingerprint density at radius 3 is 2.30 bits per heavy atom. The molecule has 6 nitrogen and oxygen atoms in total. The second kappa shape index (κ2) is 7.74. The molecule has 0 radical (unpaired) electrons. The summed E-state index contributed by atoms with van der Waals surface area (Å²) in [5.41, 5.74) is 1.79. The van der Waals surface area contributed by atoms with Gasteiger partial charge in [-0.1, -0.05) is 30.3 Å². The van der Waals surface area contributed by atoms with Gasteiger partial charge in [-0.2, -0.15) is 0 Å². The largest absolute Gasteiger partial charge is 0.376 e. The van der Waals surface area contributed by atoms with E-state index < -0.39 is 11.9 Å². The van der Waals surface area contributed by atoms with Gasteiger partial charge in [-0.25, -0.2) is 4.79 Å². The van der Waals surface area contributed by atoms with Crippen molar-refractivity contribution < 1.29 is 14.4 Å². The van der Waals surface area contributed by atoms with Crippen LogP contribution >= 0.6 is 0 Å². The average Bonchev–Trinajstić information content (AvgIpc) is 2.54. The summed E-state index contributed by atoms with van der Waals surface area (Å²) in [6.45, 7) is 1.39. The zero-order valence-electron chi connectivity index (χ0n) is 12.6. The second-order valence-corrected chi connectivity index (χ2v) is 4.86. The van der Waals surface area contributed by atoms with E-state index in [1.807, 2.05) is 6.07 Å². The molecule has 0 heterocycles. The first-order valence-electron chi connectivity index (χ1n) is 7.05. The monoisotopic (exact) mass is 311 g/mol. The first-order valence-corrected chi connectivity index (χ1v) is 7.05. The minimum Gasteiger partial charge on any atom is -0.376 e. The molecule has 0 unspecified atom stereocenters. The van der Waals surface area contributed by atoms with Crippen molar-refractivity contribution in [3.8, 4) is 0 Å². The molecule has 2 aromatic carbocycles. The van der Waals surface area contributed by atoms with Gasteiger partial charge in [-0.3, -0.25) is 14.9 Å². The minimum absolute atomic E-state index is 0.0552. The number of carbonyl (C=O) groups excluding carboxylic acids is 3. The minimum atomic E-state index is -0.597. The predicted octanol–water partition coefficient (Wildman–Crippen LogP) is 2.65. The van der Waals surface area contributed by atoms with Gasteiger partial charge in [0, 0.05) is 16.9 Å². The Balaban J connectivity index is 1.82. The molecule has 0 fully saturated rings. The summed E-state index contributed by atoms with van der Waals surface area (Å²) in [5, 5.41) is 7.63. The molecule has 2 rings (SSSR count). The van der Waals surface area contributed by atoms with Crippen LogP contribution in [0.3, 0.4) is 0 Å². The Morgan fingerprint density at radius 2 is 1.61 bits per heavy atom. The van der Waals surface area contributed by atoms with E-state index in [-0.39, 0.29) is 12.3 Å². The normalized spacial score (nSPS) is 9.78. The number of para-hydroxylation sites is 1. The number of benzene rings is 2. The van der Waals surface area contributed by atoms with Crippen molar-refractivity contribution in [1.82, 2.24) is 5.32 Å². The Hall–Kier alpha value is -3.15. The smallest absolute Gasteiger partial charge is 0.325 e. The highest BCUT2D eigenvalue weighted by atomic mass is 16.2. The topological polar surface area (TPSA) is 87.3 Å².